The van der Waals surface area contributed by atoms with E-state index in [-0.39, 0.29) is 17.1 Å². The molecule has 5 nitrogen and oxygen atoms in total. The van der Waals surface area contributed by atoms with Crippen LogP contribution >= 0.6 is 0 Å². The van der Waals surface area contributed by atoms with Gasteiger partial charge in [-0.1, -0.05) is 0 Å². The maximum absolute atomic E-state index is 12.6. The van der Waals surface area contributed by atoms with Crippen LogP contribution in [0.3, 0.4) is 0 Å². The molecule has 0 aliphatic carbocycles. The molecule has 1 aromatic rings. The number of nitrogens with one attached hydrogen (secondary N) is 1. The summed E-state index contributed by atoms with van der Waals surface area (Å²) in [5.41, 5.74) is 0.566. The molecule has 1 unspecified atom stereocenters. The molecule has 2 aliphatic heterocycles. The molecule has 1 amide bonds. The summed E-state index contributed by atoms with van der Waals surface area (Å²) in [4.78, 5) is 14.4. The highest BCUT2D eigenvalue weighted by Crippen LogP contribution is 2.37. The number of carbonyl (C=O) groups is 1. The van der Waals surface area contributed by atoms with E-state index in [0.29, 0.717) is 11.3 Å². The topological polar surface area (TPSA) is 61.8 Å². The summed E-state index contributed by atoms with van der Waals surface area (Å²) in [5, 5.41) is 13.3. The summed E-state index contributed by atoms with van der Waals surface area (Å²) in [5.74, 6) is 0.495. The highest BCUT2D eigenvalue weighted by atomic mass is 16.5. The lowest BCUT2D eigenvalue weighted by Crippen LogP contribution is -2.33. The third-order valence-corrected chi connectivity index (χ3v) is 4.49. The molecule has 2 heterocycles. The van der Waals surface area contributed by atoms with E-state index in [4.69, 9.17) is 4.74 Å². The Kier molecular flexibility index (Phi) is 3.30. The van der Waals surface area contributed by atoms with Crippen molar-refractivity contribution in [3.05, 3.63) is 23.8 Å². The van der Waals surface area contributed by atoms with Crippen LogP contribution < -0.4 is 10.1 Å². The normalized spacial score (nSPS) is 25.4. The predicted molar refractivity (Wildman–Crippen MR) is 75.1 cm³/mol. The Balaban J connectivity index is 1.79. The van der Waals surface area contributed by atoms with Gasteiger partial charge in [0, 0.05) is 25.0 Å². The van der Waals surface area contributed by atoms with Gasteiger partial charge in [-0.25, -0.2) is 0 Å². The SMILES string of the molecule is COc1ccc(O)c(C(=O)N2CCC3(CCNC3)C2)c1. The van der Waals surface area contributed by atoms with Crippen molar-refractivity contribution in [2.24, 2.45) is 5.41 Å². The van der Waals surface area contributed by atoms with Gasteiger partial charge in [0.15, 0.2) is 0 Å². The van der Waals surface area contributed by atoms with Gasteiger partial charge in [-0.3, -0.25) is 4.79 Å². The number of likely N-dealkylation sites (tertiary alicyclic amines) is 1. The number of methoxy groups -OCH3 is 1. The van der Waals surface area contributed by atoms with Crippen LogP contribution in [-0.4, -0.2) is 49.2 Å². The molecule has 2 aliphatic rings. The number of hydrogen-bond donors (Lipinski definition) is 2. The van der Waals surface area contributed by atoms with E-state index in [1.807, 2.05) is 4.90 Å². The molecule has 108 valence electrons. The summed E-state index contributed by atoms with van der Waals surface area (Å²) in [7, 11) is 1.55. The minimum absolute atomic E-state index is 0.0151. The van der Waals surface area contributed by atoms with E-state index in [9.17, 15) is 9.90 Å². The molecule has 1 spiro atoms. The number of phenols is 1. The van der Waals surface area contributed by atoms with Crippen LogP contribution in [0.15, 0.2) is 18.2 Å². The lowest BCUT2D eigenvalue weighted by molar-refractivity contribution is 0.0772. The number of nitrogens with zero attached hydrogens (tertiary/aromatic N) is 1. The smallest absolute Gasteiger partial charge is 0.257 e. The molecule has 5 heteroatoms. The first-order chi connectivity index (χ1) is 9.63. The maximum Gasteiger partial charge on any atom is 0.257 e. The monoisotopic (exact) mass is 276 g/mol. The summed E-state index contributed by atoms with van der Waals surface area (Å²) >= 11 is 0. The number of hydrogen-bond acceptors (Lipinski definition) is 4. The van der Waals surface area contributed by atoms with Crippen molar-refractivity contribution in [3.63, 3.8) is 0 Å². The molecule has 20 heavy (non-hydrogen) atoms. The summed E-state index contributed by atoms with van der Waals surface area (Å²) in [6.07, 6.45) is 2.16. The Hall–Kier alpha value is -1.75. The average Bonchev–Trinajstić information content (AvgIpc) is 3.09. The standard InChI is InChI=1S/C15H20N2O3/c1-20-11-2-3-13(18)12(8-11)14(19)17-7-5-15(10-17)4-6-16-9-15/h2-3,8,16,18H,4-7,9-10H2,1H3. The minimum Gasteiger partial charge on any atom is -0.507 e. The predicted octanol–water partition coefficient (Wildman–Crippen LogP) is 1.23. The number of phenolic OH excluding ortho intramolecular Hbond substituents is 1. The van der Waals surface area contributed by atoms with Crippen LogP contribution in [0.25, 0.3) is 0 Å². The van der Waals surface area contributed by atoms with E-state index in [0.717, 1.165) is 39.0 Å². The van der Waals surface area contributed by atoms with Gasteiger partial charge in [0.1, 0.15) is 11.5 Å². The van der Waals surface area contributed by atoms with Crippen molar-refractivity contribution in [1.29, 1.82) is 0 Å². The van der Waals surface area contributed by atoms with Crippen molar-refractivity contribution in [1.82, 2.24) is 10.2 Å². The minimum atomic E-state index is -0.106. The Morgan fingerprint density at radius 2 is 2.30 bits per heavy atom. The molecule has 1 atom stereocenters. The summed E-state index contributed by atoms with van der Waals surface area (Å²) in [6.45, 7) is 3.56. The quantitative estimate of drug-likeness (QED) is 0.853. The fraction of sp³-hybridized carbons (Fsp3) is 0.533. The average molecular weight is 276 g/mol. The number of rotatable bonds is 2. The summed E-state index contributed by atoms with van der Waals surface area (Å²) < 4.78 is 5.12. The molecule has 0 radical (unpaired) electrons. The molecule has 2 N–H and O–H groups in total. The number of carbonyl (C=O) groups excluding carboxylic acids is 1. The largest absolute Gasteiger partial charge is 0.507 e. The van der Waals surface area contributed by atoms with E-state index >= 15 is 0 Å². The van der Waals surface area contributed by atoms with Gasteiger partial charge in [0.05, 0.1) is 12.7 Å². The van der Waals surface area contributed by atoms with Crippen molar-refractivity contribution >= 4 is 5.91 Å². The second kappa shape index (κ2) is 4.98. The zero-order valence-electron chi connectivity index (χ0n) is 11.7. The van der Waals surface area contributed by atoms with Crippen molar-refractivity contribution in [3.8, 4) is 11.5 Å². The van der Waals surface area contributed by atoms with Gasteiger partial charge in [0.2, 0.25) is 0 Å². The van der Waals surface area contributed by atoms with Gasteiger partial charge in [-0.15, -0.1) is 0 Å². The van der Waals surface area contributed by atoms with Gasteiger partial charge < -0.3 is 20.1 Å². The molecular formula is C15H20N2O3. The van der Waals surface area contributed by atoms with Crippen LogP contribution in [0.4, 0.5) is 0 Å². The first-order valence-corrected chi connectivity index (χ1v) is 7.01. The number of ether oxygens (including phenoxy) is 1. The van der Waals surface area contributed by atoms with Crippen LogP contribution in [0.1, 0.15) is 23.2 Å². The maximum atomic E-state index is 12.6. The number of aromatic hydroxyl groups is 1. The van der Waals surface area contributed by atoms with Crippen LogP contribution in [0.5, 0.6) is 11.5 Å². The van der Waals surface area contributed by atoms with Gasteiger partial charge >= 0.3 is 0 Å². The molecule has 0 saturated carbocycles. The Labute approximate surface area is 118 Å². The van der Waals surface area contributed by atoms with E-state index in [2.05, 4.69) is 5.32 Å². The van der Waals surface area contributed by atoms with Crippen LogP contribution in [0, 0.1) is 5.41 Å². The molecular weight excluding hydrogens is 256 g/mol. The highest BCUT2D eigenvalue weighted by molar-refractivity contribution is 5.97. The fourth-order valence-electron chi connectivity index (χ4n) is 3.24. The second-order valence-electron chi connectivity index (χ2n) is 5.79. The van der Waals surface area contributed by atoms with Crippen LogP contribution in [0.2, 0.25) is 0 Å². The van der Waals surface area contributed by atoms with Gasteiger partial charge in [-0.2, -0.15) is 0 Å². The zero-order valence-corrected chi connectivity index (χ0v) is 11.7. The first-order valence-electron chi connectivity index (χ1n) is 7.01. The Morgan fingerprint density at radius 3 is 3.00 bits per heavy atom. The van der Waals surface area contributed by atoms with E-state index in [1.165, 1.54) is 6.07 Å². The van der Waals surface area contributed by atoms with Gasteiger partial charge in [-0.05, 0) is 37.6 Å². The number of benzene rings is 1. The second-order valence-corrected chi connectivity index (χ2v) is 5.79. The third-order valence-electron chi connectivity index (χ3n) is 4.49. The Bertz CT molecular complexity index is 524. The Morgan fingerprint density at radius 1 is 1.45 bits per heavy atom. The van der Waals surface area contributed by atoms with Crippen molar-refractivity contribution in [2.45, 2.75) is 12.8 Å². The fourth-order valence-corrected chi connectivity index (χ4v) is 3.24. The highest BCUT2D eigenvalue weighted by Gasteiger charge is 2.42. The molecule has 1 aromatic carbocycles. The first kappa shape index (κ1) is 13.2. The molecule has 3 rings (SSSR count). The lowest BCUT2D eigenvalue weighted by atomic mass is 9.86. The van der Waals surface area contributed by atoms with Crippen molar-refractivity contribution < 1.29 is 14.6 Å². The van der Waals surface area contributed by atoms with E-state index < -0.39 is 0 Å². The van der Waals surface area contributed by atoms with Crippen LogP contribution in [-0.2, 0) is 0 Å². The molecule has 0 aromatic heterocycles. The van der Waals surface area contributed by atoms with Gasteiger partial charge in [0.25, 0.3) is 5.91 Å². The molecule has 2 fully saturated rings. The summed E-state index contributed by atoms with van der Waals surface area (Å²) in [6, 6.07) is 4.77. The molecule has 2 saturated heterocycles. The van der Waals surface area contributed by atoms with Crippen molar-refractivity contribution in [2.75, 3.05) is 33.3 Å². The molecule has 0 bridgehead atoms. The van der Waals surface area contributed by atoms with E-state index in [1.54, 1.807) is 19.2 Å². The third kappa shape index (κ3) is 2.22. The lowest BCUT2D eigenvalue weighted by Gasteiger charge is -2.23. The number of amides is 1. The zero-order chi connectivity index (χ0) is 14.2.